The molecule has 0 atom stereocenters. The summed E-state index contributed by atoms with van der Waals surface area (Å²) in [5, 5.41) is 16.3. The lowest BCUT2D eigenvalue weighted by atomic mass is 10.2. The number of ether oxygens (including phenoxy) is 1. The molecule has 7 nitrogen and oxygen atoms in total. The van der Waals surface area contributed by atoms with E-state index in [1.165, 1.54) is 24.3 Å². The quantitative estimate of drug-likeness (QED) is 0.350. The number of amides is 1. The molecule has 2 aromatic rings. The van der Waals surface area contributed by atoms with Crippen molar-refractivity contribution in [3.8, 4) is 5.75 Å². The SMILES string of the molecule is O=C(CCCNc1ccc([N+](=O)[O-])cc1)NCCOc1ccc(C(F)(F)F)cc1. The largest absolute Gasteiger partial charge is 0.492 e. The first-order valence-corrected chi connectivity index (χ1v) is 8.81. The second kappa shape index (κ2) is 10.3. The number of alkyl halides is 3. The number of nitrogens with one attached hydrogen (secondary N) is 2. The van der Waals surface area contributed by atoms with Crippen LogP contribution in [0, 0.1) is 10.1 Å². The van der Waals surface area contributed by atoms with Crippen LogP contribution in [-0.2, 0) is 11.0 Å². The average molecular weight is 411 g/mol. The third kappa shape index (κ3) is 7.68. The van der Waals surface area contributed by atoms with Crippen molar-refractivity contribution in [2.45, 2.75) is 19.0 Å². The third-order valence-electron chi connectivity index (χ3n) is 3.86. The van der Waals surface area contributed by atoms with Crippen LogP contribution in [0.4, 0.5) is 24.5 Å². The van der Waals surface area contributed by atoms with Crippen LogP contribution in [0.1, 0.15) is 18.4 Å². The van der Waals surface area contributed by atoms with E-state index in [1.807, 2.05) is 0 Å². The van der Waals surface area contributed by atoms with Gasteiger partial charge in [-0.3, -0.25) is 14.9 Å². The normalized spacial score (nSPS) is 11.0. The standard InChI is InChI=1S/C19H20F3N3O4/c20-19(21,22)14-3-9-17(10-4-14)29-13-12-24-18(26)2-1-11-23-15-5-7-16(8-6-15)25(27)28/h3-10,23H,1-2,11-13H2,(H,24,26). The van der Waals surface area contributed by atoms with Crippen molar-refractivity contribution in [2.24, 2.45) is 0 Å². The van der Waals surface area contributed by atoms with Gasteiger partial charge in [0.2, 0.25) is 5.91 Å². The van der Waals surface area contributed by atoms with Crippen LogP contribution >= 0.6 is 0 Å². The highest BCUT2D eigenvalue weighted by molar-refractivity contribution is 5.75. The van der Waals surface area contributed by atoms with Crippen LogP contribution in [0.3, 0.4) is 0 Å². The minimum Gasteiger partial charge on any atom is -0.492 e. The van der Waals surface area contributed by atoms with Crippen molar-refractivity contribution in [3.63, 3.8) is 0 Å². The molecule has 0 unspecified atom stereocenters. The first-order valence-electron chi connectivity index (χ1n) is 8.81. The molecule has 0 fully saturated rings. The van der Waals surface area contributed by atoms with Crippen molar-refractivity contribution >= 4 is 17.3 Å². The van der Waals surface area contributed by atoms with E-state index in [-0.39, 0.29) is 31.2 Å². The molecule has 0 heterocycles. The van der Waals surface area contributed by atoms with E-state index < -0.39 is 16.7 Å². The molecule has 10 heteroatoms. The van der Waals surface area contributed by atoms with Gasteiger partial charge in [0.15, 0.2) is 0 Å². The molecule has 0 saturated heterocycles. The molecule has 29 heavy (non-hydrogen) atoms. The maximum absolute atomic E-state index is 12.5. The summed E-state index contributed by atoms with van der Waals surface area (Å²) in [5.74, 6) is 0.117. The summed E-state index contributed by atoms with van der Waals surface area (Å²) in [6.07, 6.45) is -3.55. The van der Waals surface area contributed by atoms with Crippen molar-refractivity contribution in [1.82, 2.24) is 5.32 Å². The van der Waals surface area contributed by atoms with Gasteiger partial charge in [0.25, 0.3) is 5.69 Å². The first-order chi connectivity index (χ1) is 13.8. The van der Waals surface area contributed by atoms with Gasteiger partial charge in [0.1, 0.15) is 12.4 Å². The van der Waals surface area contributed by atoms with Gasteiger partial charge in [0, 0.05) is 30.8 Å². The van der Waals surface area contributed by atoms with Crippen molar-refractivity contribution in [1.29, 1.82) is 0 Å². The lowest BCUT2D eigenvalue weighted by Gasteiger charge is -2.10. The number of carbonyl (C=O) groups excluding carboxylic acids is 1. The van der Waals surface area contributed by atoms with Crippen LogP contribution < -0.4 is 15.4 Å². The van der Waals surface area contributed by atoms with Crippen molar-refractivity contribution in [2.75, 3.05) is 25.0 Å². The van der Waals surface area contributed by atoms with E-state index >= 15 is 0 Å². The minimum atomic E-state index is -4.39. The smallest absolute Gasteiger partial charge is 0.416 e. The number of hydrogen-bond acceptors (Lipinski definition) is 5. The maximum Gasteiger partial charge on any atom is 0.416 e. The molecule has 1 amide bonds. The van der Waals surface area contributed by atoms with Gasteiger partial charge in [-0.05, 0) is 42.8 Å². The molecule has 0 spiro atoms. The molecule has 156 valence electrons. The molecule has 0 bridgehead atoms. The molecule has 0 aliphatic rings. The monoisotopic (exact) mass is 411 g/mol. The highest BCUT2D eigenvalue weighted by Crippen LogP contribution is 2.30. The Morgan fingerprint density at radius 2 is 1.69 bits per heavy atom. The fraction of sp³-hybridized carbons (Fsp3) is 0.316. The number of hydrogen-bond donors (Lipinski definition) is 2. The van der Waals surface area contributed by atoms with E-state index in [9.17, 15) is 28.1 Å². The van der Waals surface area contributed by atoms with Crippen LogP contribution in [-0.4, -0.2) is 30.5 Å². The maximum atomic E-state index is 12.5. The lowest BCUT2D eigenvalue weighted by molar-refractivity contribution is -0.384. The first kappa shape index (κ1) is 22.0. The summed E-state index contributed by atoms with van der Waals surface area (Å²) < 4.78 is 42.7. The second-order valence-corrected chi connectivity index (χ2v) is 6.05. The fourth-order valence-corrected chi connectivity index (χ4v) is 2.37. The van der Waals surface area contributed by atoms with Crippen molar-refractivity contribution in [3.05, 3.63) is 64.2 Å². The zero-order chi connectivity index (χ0) is 21.3. The topological polar surface area (TPSA) is 93.5 Å². The second-order valence-electron chi connectivity index (χ2n) is 6.05. The number of anilines is 1. The zero-order valence-corrected chi connectivity index (χ0v) is 15.4. The number of non-ortho nitro benzene ring substituents is 1. The van der Waals surface area contributed by atoms with E-state index in [0.29, 0.717) is 18.7 Å². The summed E-state index contributed by atoms with van der Waals surface area (Å²) in [6.45, 7) is 0.890. The number of benzene rings is 2. The highest BCUT2D eigenvalue weighted by Gasteiger charge is 2.29. The van der Waals surface area contributed by atoms with Crippen LogP contribution in [0.2, 0.25) is 0 Å². The molecular weight excluding hydrogens is 391 g/mol. The third-order valence-corrected chi connectivity index (χ3v) is 3.86. The Bertz CT molecular complexity index is 809. The fourth-order valence-electron chi connectivity index (χ4n) is 2.37. The van der Waals surface area contributed by atoms with Crippen LogP contribution in [0.5, 0.6) is 5.75 Å². The predicted octanol–water partition coefficient (Wildman–Crippen LogP) is 4.00. The van der Waals surface area contributed by atoms with Gasteiger partial charge in [-0.2, -0.15) is 13.2 Å². The molecule has 0 aromatic heterocycles. The Morgan fingerprint density at radius 1 is 1.03 bits per heavy atom. The zero-order valence-electron chi connectivity index (χ0n) is 15.4. The summed E-state index contributed by atoms with van der Waals surface area (Å²) in [4.78, 5) is 21.8. The minimum absolute atomic E-state index is 0.00782. The summed E-state index contributed by atoms with van der Waals surface area (Å²) in [7, 11) is 0. The van der Waals surface area contributed by atoms with E-state index in [1.54, 1.807) is 12.1 Å². The van der Waals surface area contributed by atoms with Crippen molar-refractivity contribution < 1.29 is 27.6 Å². The van der Waals surface area contributed by atoms with E-state index in [2.05, 4.69) is 10.6 Å². The van der Waals surface area contributed by atoms with E-state index in [0.717, 1.165) is 17.8 Å². The summed E-state index contributed by atoms with van der Waals surface area (Å²) in [6, 6.07) is 10.3. The Hall–Kier alpha value is -3.30. The Labute approximate surface area is 165 Å². The number of nitrogens with zero attached hydrogens (tertiary/aromatic N) is 1. The molecule has 0 saturated carbocycles. The van der Waals surface area contributed by atoms with Gasteiger partial charge >= 0.3 is 6.18 Å². The average Bonchev–Trinajstić information content (AvgIpc) is 2.68. The van der Waals surface area contributed by atoms with Gasteiger partial charge < -0.3 is 15.4 Å². The Morgan fingerprint density at radius 3 is 2.28 bits per heavy atom. The molecule has 2 N–H and O–H groups in total. The van der Waals surface area contributed by atoms with Gasteiger partial charge in [-0.1, -0.05) is 0 Å². The predicted molar refractivity (Wildman–Crippen MR) is 101 cm³/mol. The molecule has 2 aromatic carbocycles. The lowest BCUT2D eigenvalue weighted by Crippen LogP contribution is -2.28. The van der Waals surface area contributed by atoms with Gasteiger partial charge in [-0.15, -0.1) is 0 Å². The van der Waals surface area contributed by atoms with Gasteiger partial charge in [0.05, 0.1) is 17.0 Å². The number of nitro groups is 1. The molecule has 0 aliphatic carbocycles. The van der Waals surface area contributed by atoms with Crippen LogP contribution in [0.15, 0.2) is 48.5 Å². The Balaban J connectivity index is 1.57. The molecule has 2 rings (SSSR count). The van der Waals surface area contributed by atoms with E-state index in [4.69, 9.17) is 4.74 Å². The molecule has 0 aliphatic heterocycles. The number of rotatable bonds is 10. The van der Waals surface area contributed by atoms with Crippen LogP contribution in [0.25, 0.3) is 0 Å². The number of carbonyl (C=O) groups is 1. The van der Waals surface area contributed by atoms with Gasteiger partial charge in [-0.25, -0.2) is 0 Å². The summed E-state index contributed by atoms with van der Waals surface area (Å²) in [5.41, 5.74) is -0.0186. The number of halogens is 3. The molecular formula is C19H20F3N3O4. The Kier molecular flexibility index (Phi) is 7.81. The summed E-state index contributed by atoms with van der Waals surface area (Å²) >= 11 is 0. The molecule has 0 radical (unpaired) electrons. The number of nitro benzene ring substituents is 1. The highest BCUT2D eigenvalue weighted by atomic mass is 19.4.